The van der Waals surface area contributed by atoms with Crippen LogP contribution in [0.1, 0.15) is 31.9 Å². The summed E-state index contributed by atoms with van der Waals surface area (Å²) in [5.41, 5.74) is 3.36. The van der Waals surface area contributed by atoms with Crippen LogP contribution in [0.15, 0.2) is 47.5 Å². The third kappa shape index (κ3) is 8.35. The molecule has 0 amide bonds. The van der Waals surface area contributed by atoms with Gasteiger partial charge in [-0.3, -0.25) is 4.90 Å². The van der Waals surface area contributed by atoms with E-state index in [2.05, 4.69) is 53.6 Å². The maximum Gasteiger partial charge on any atom is 0.196 e. The minimum absolute atomic E-state index is 0. The van der Waals surface area contributed by atoms with E-state index in [4.69, 9.17) is 19.2 Å². The highest BCUT2D eigenvalue weighted by molar-refractivity contribution is 14.0. The molecule has 2 unspecified atom stereocenters. The number of guanidine groups is 1. The second kappa shape index (κ2) is 13.6. The van der Waals surface area contributed by atoms with Crippen LogP contribution in [0.5, 0.6) is 11.5 Å². The molecule has 0 bridgehead atoms. The van der Waals surface area contributed by atoms with Gasteiger partial charge in [-0.25, -0.2) is 4.99 Å². The van der Waals surface area contributed by atoms with Gasteiger partial charge in [-0.2, -0.15) is 0 Å². The monoisotopic (exact) mass is 568 g/mol. The fraction of sp³-hybridized carbons (Fsp3) is 0.480. The van der Waals surface area contributed by atoms with Gasteiger partial charge in [-0.05, 0) is 44.0 Å². The van der Waals surface area contributed by atoms with E-state index in [1.54, 1.807) is 14.2 Å². The Morgan fingerprint density at radius 3 is 2.24 bits per heavy atom. The average Bonchev–Trinajstić information content (AvgIpc) is 2.78. The number of nitrogens with one attached hydrogen (secondary N) is 2. The van der Waals surface area contributed by atoms with Crippen LogP contribution in [-0.2, 0) is 17.8 Å². The van der Waals surface area contributed by atoms with Gasteiger partial charge in [-0.15, -0.1) is 24.0 Å². The quantitative estimate of drug-likeness (QED) is 0.278. The third-order valence-corrected chi connectivity index (χ3v) is 5.33. The molecule has 1 aliphatic rings. The molecular formula is C25H37IN4O3. The van der Waals surface area contributed by atoms with Crippen LogP contribution < -0.4 is 20.1 Å². The van der Waals surface area contributed by atoms with Crippen molar-refractivity contribution in [3.8, 4) is 11.5 Å². The molecule has 2 aromatic carbocycles. The zero-order valence-electron chi connectivity index (χ0n) is 20.3. The van der Waals surface area contributed by atoms with Crippen molar-refractivity contribution in [1.82, 2.24) is 10.2 Å². The van der Waals surface area contributed by atoms with Gasteiger partial charge >= 0.3 is 0 Å². The van der Waals surface area contributed by atoms with Crippen LogP contribution in [0.4, 0.5) is 5.69 Å². The van der Waals surface area contributed by atoms with Crippen molar-refractivity contribution in [1.29, 1.82) is 0 Å². The molecule has 0 radical (unpaired) electrons. The summed E-state index contributed by atoms with van der Waals surface area (Å²) in [5, 5.41) is 6.62. The van der Waals surface area contributed by atoms with E-state index in [0.717, 1.165) is 37.8 Å². The van der Waals surface area contributed by atoms with Crippen molar-refractivity contribution in [2.45, 2.75) is 46.1 Å². The van der Waals surface area contributed by atoms with Gasteiger partial charge < -0.3 is 24.8 Å². The highest BCUT2D eigenvalue weighted by atomic mass is 127. The van der Waals surface area contributed by atoms with Gasteiger partial charge in [0.1, 0.15) is 0 Å². The van der Waals surface area contributed by atoms with Crippen molar-refractivity contribution in [2.75, 3.05) is 39.2 Å². The molecule has 33 heavy (non-hydrogen) atoms. The summed E-state index contributed by atoms with van der Waals surface area (Å²) in [6.45, 7) is 10.6. The summed E-state index contributed by atoms with van der Waals surface area (Å²) in [7, 11) is 3.26. The summed E-state index contributed by atoms with van der Waals surface area (Å²) in [5.74, 6) is 2.09. The molecule has 1 fully saturated rings. The number of halogens is 1. The van der Waals surface area contributed by atoms with E-state index in [0.29, 0.717) is 18.0 Å². The Morgan fingerprint density at radius 1 is 1.00 bits per heavy atom. The second-order valence-corrected chi connectivity index (χ2v) is 8.16. The molecule has 0 saturated carbocycles. The molecule has 2 N–H and O–H groups in total. The molecule has 0 aromatic heterocycles. The lowest BCUT2D eigenvalue weighted by atomic mass is 10.1. The van der Waals surface area contributed by atoms with Crippen LogP contribution >= 0.6 is 24.0 Å². The van der Waals surface area contributed by atoms with Crippen LogP contribution in [0.2, 0.25) is 0 Å². The van der Waals surface area contributed by atoms with Crippen molar-refractivity contribution < 1.29 is 14.2 Å². The number of benzene rings is 2. The molecule has 1 aliphatic heterocycles. The van der Waals surface area contributed by atoms with Crippen molar-refractivity contribution in [3.05, 3.63) is 53.6 Å². The van der Waals surface area contributed by atoms with E-state index in [-0.39, 0.29) is 36.2 Å². The number of ether oxygens (including phenoxy) is 3. The second-order valence-electron chi connectivity index (χ2n) is 8.16. The first kappa shape index (κ1) is 27.2. The van der Waals surface area contributed by atoms with Crippen LogP contribution in [0, 0.1) is 0 Å². The predicted octanol–water partition coefficient (Wildman–Crippen LogP) is 4.51. The Hall–Kier alpha value is -2.04. The lowest BCUT2D eigenvalue weighted by molar-refractivity contribution is -0.0704. The third-order valence-electron chi connectivity index (χ3n) is 5.33. The number of hydrogen-bond donors (Lipinski definition) is 2. The van der Waals surface area contributed by atoms with Crippen molar-refractivity contribution in [2.24, 2.45) is 4.99 Å². The normalized spacial score (nSPS) is 18.9. The number of morpholine rings is 1. The summed E-state index contributed by atoms with van der Waals surface area (Å²) in [4.78, 5) is 7.20. The highest BCUT2D eigenvalue weighted by Crippen LogP contribution is 2.29. The Bertz CT molecular complexity index is 882. The molecule has 3 rings (SSSR count). The molecule has 2 aromatic rings. The number of rotatable bonds is 8. The molecule has 8 heteroatoms. The van der Waals surface area contributed by atoms with Crippen LogP contribution in [0.25, 0.3) is 0 Å². The molecule has 7 nitrogen and oxygen atoms in total. The van der Waals surface area contributed by atoms with E-state index in [1.165, 1.54) is 11.1 Å². The topological polar surface area (TPSA) is 67.4 Å². The highest BCUT2D eigenvalue weighted by Gasteiger charge is 2.21. The lowest BCUT2D eigenvalue weighted by Gasteiger charge is -2.35. The zero-order chi connectivity index (χ0) is 22.9. The Labute approximate surface area is 214 Å². The van der Waals surface area contributed by atoms with E-state index >= 15 is 0 Å². The first-order valence-electron chi connectivity index (χ1n) is 11.2. The molecule has 0 spiro atoms. The molecular weight excluding hydrogens is 531 g/mol. The zero-order valence-corrected chi connectivity index (χ0v) is 22.6. The fourth-order valence-corrected chi connectivity index (χ4v) is 3.95. The minimum Gasteiger partial charge on any atom is -0.493 e. The Balaban J connectivity index is 0.00000385. The number of methoxy groups -OCH3 is 2. The predicted molar refractivity (Wildman–Crippen MR) is 145 cm³/mol. The number of anilines is 1. The van der Waals surface area contributed by atoms with E-state index < -0.39 is 0 Å². The SMILES string of the molecule is CCNC(=NCc1ccc(CN2CC(C)OC(C)C2)cc1)Nc1ccc(OC)c(OC)c1.I. The summed E-state index contributed by atoms with van der Waals surface area (Å²) >= 11 is 0. The summed E-state index contributed by atoms with van der Waals surface area (Å²) < 4.78 is 16.5. The summed E-state index contributed by atoms with van der Waals surface area (Å²) in [6, 6.07) is 14.4. The molecule has 1 saturated heterocycles. The Morgan fingerprint density at radius 2 is 1.64 bits per heavy atom. The maximum absolute atomic E-state index is 5.83. The minimum atomic E-state index is 0. The first-order valence-corrected chi connectivity index (χ1v) is 11.2. The van der Waals surface area contributed by atoms with E-state index in [1.807, 2.05) is 25.1 Å². The van der Waals surface area contributed by atoms with Gasteiger partial charge in [-0.1, -0.05) is 24.3 Å². The summed E-state index contributed by atoms with van der Waals surface area (Å²) in [6.07, 6.45) is 0.574. The fourth-order valence-electron chi connectivity index (χ4n) is 3.95. The molecule has 1 heterocycles. The van der Waals surface area contributed by atoms with Crippen LogP contribution in [0.3, 0.4) is 0 Å². The molecule has 2 atom stereocenters. The maximum atomic E-state index is 5.83. The van der Waals surface area contributed by atoms with Gasteiger partial charge in [0.25, 0.3) is 0 Å². The molecule has 0 aliphatic carbocycles. The van der Waals surface area contributed by atoms with Crippen molar-refractivity contribution >= 4 is 35.6 Å². The number of aliphatic imine (C=N–C) groups is 1. The van der Waals surface area contributed by atoms with Gasteiger partial charge in [0.2, 0.25) is 0 Å². The number of hydrogen-bond acceptors (Lipinski definition) is 5. The van der Waals surface area contributed by atoms with Crippen molar-refractivity contribution in [3.63, 3.8) is 0 Å². The molecule has 182 valence electrons. The van der Waals surface area contributed by atoms with Crippen LogP contribution in [-0.4, -0.2) is 56.9 Å². The Kier molecular flexibility index (Phi) is 11.2. The average molecular weight is 569 g/mol. The largest absolute Gasteiger partial charge is 0.493 e. The first-order chi connectivity index (χ1) is 15.5. The smallest absolute Gasteiger partial charge is 0.196 e. The lowest BCUT2D eigenvalue weighted by Crippen LogP contribution is -2.44. The van der Waals surface area contributed by atoms with Gasteiger partial charge in [0.05, 0.1) is 33.0 Å². The standard InChI is InChI=1S/C25H36N4O3.HI/c1-6-26-25(28-22-11-12-23(30-4)24(13-22)31-5)27-14-20-7-9-21(10-8-20)17-29-15-18(2)32-19(3)16-29;/h7-13,18-19H,6,14-17H2,1-5H3,(H2,26,27,28);1H. The van der Waals surface area contributed by atoms with E-state index in [9.17, 15) is 0 Å². The van der Waals surface area contributed by atoms with Gasteiger partial charge in [0, 0.05) is 37.9 Å². The van der Waals surface area contributed by atoms with Gasteiger partial charge in [0.15, 0.2) is 17.5 Å². The number of nitrogens with zero attached hydrogens (tertiary/aromatic N) is 2.